The minimum Gasteiger partial charge on any atom is -0.493 e. The zero-order valence-corrected chi connectivity index (χ0v) is 12.1. The average molecular weight is 301 g/mol. The summed E-state index contributed by atoms with van der Waals surface area (Å²) in [5.74, 6) is 0.519. The van der Waals surface area contributed by atoms with Crippen molar-refractivity contribution < 1.29 is 9.84 Å². The van der Waals surface area contributed by atoms with E-state index < -0.39 is 6.10 Å². The lowest BCUT2D eigenvalue weighted by atomic mass is 10.1. The molecule has 0 saturated heterocycles. The molecule has 1 heterocycles. The molecule has 0 aliphatic carbocycles. The number of aliphatic hydroxyl groups excluding tert-OH is 1. The second-order valence-electron chi connectivity index (χ2n) is 3.96. The summed E-state index contributed by atoms with van der Waals surface area (Å²) >= 11 is 12.1. The summed E-state index contributed by atoms with van der Waals surface area (Å²) in [5.41, 5.74) is 1.09. The molecule has 0 aliphatic heterocycles. The number of aliphatic hydroxyl groups is 1. The molecule has 2 rings (SSSR count). The monoisotopic (exact) mass is 300 g/mol. The quantitative estimate of drug-likeness (QED) is 0.942. The van der Waals surface area contributed by atoms with E-state index in [0.29, 0.717) is 33.6 Å². The minimum atomic E-state index is -0.941. The molecule has 19 heavy (non-hydrogen) atoms. The maximum absolute atomic E-state index is 10.5. The largest absolute Gasteiger partial charge is 0.493 e. The molecule has 1 N–H and O–H groups in total. The SMILES string of the molecule is CCn1ncc(OC)c1C(O)c1cccc(Cl)c1Cl. The molecule has 1 aromatic carbocycles. The summed E-state index contributed by atoms with van der Waals surface area (Å²) in [4.78, 5) is 0. The first-order valence-electron chi connectivity index (χ1n) is 5.81. The first kappa shape index (κ1) is 14.2. The van der Waals surface area contributed by atoms with Crippen molar-refractivity contribution in [2.75, 3.05) is 7.11 Å². The normalized spacial score (nSPS) is 12.5. The van der Waals surface area contributed by atoms with E-state index in [2.05, 4.69) is 5.10 Å². The molecule has 0 saturated carbocycles. The van der Waals surface area contributed by atoms with E-state index in [0.717, 1.165) is 0 Å². The standard InChI is InChI=1S/C13H14Cl2N2O2/c1-3-17-12(10(19-2)7-16-17)13(18)8-5-4-6-9(14)11(8)15/h4-7,13,18H,3H2,1-2H3. The van der Waals surface area contributed by atoms with Crippen LogP contribution in [0.1, 0.15) is 24.3 Å². The number of halogens is 2. The molecule has 0 spiro atoms. The van der Waals surface area contributed by atoms with Crippen molar-refractivity contribution in [3.05, 3.63) is 45.7 Å². The molecule has 6 heteroatoms. The van der Waals surface area contributed by atoms with Gasteiger partial charge in [0.15, 0.2) is 5.75 Å². The molecule has 0 bridgehead atoms. The molecule has 0 amide bonds. The molecule has 1 atom stereocenters. The molecule has 4 nitrogen and oxygen atoms in total. The van der Waals surface area contributed by atoms with Crippen LogP contribution in [0.3, 0.4) is 0 Å². The van der Waals surface area contributed by atoms with Crippen molar-refractivity contribution in [2.45, 2.75) is 19.6 Å². The van der Waals surface area contributed by atoms with Crippen LogP contribution in [0.2, 0.25) is 10.0 Å². The van der Waals surface area contributed by atoms with E-state index in [4.69, 9.17) is 27.9 Å². The lowest BCUT2D eigenvalue weighted by Gasteiger charge is -2.16. The number of benzene rings is 1. The minimum absolute atomic E-state index is 0.336. The van der Waals surface area contributed by atoms with Crippen LogP contribution in [0.25, 0.3) is 0 Å². The Balaban J connectivity index is 2.52. The maximum atomic E-state index is 10.5. The number of ether oxygens (including phenoxy) is 1. The van der Waals surface area contributed by atoms with Gasteiger partial charge in [-0.3, -0.25) is 4.68 Å². The van der Waals surface area contributed by atoms with Crippen molar-refractivity contribution in [3.8, 4) is 5.75 Å². The van der Waals surface area contributed by atoms with Crippen molar-refractivity contribution in [3.63, 3.8) is 0 Å². The number of aromatic nitrogens is 2. The molecular weight excluding hydrogens is 287 g/mol. The van der Waals surface area contributed by atoms with E-state index in [1.807, 2.05) is 6.92 Å². The number of hydrogen-bond donors (Lipinski definition) is 1. The number of methoxy groups -OCH3 is 1. The Morgan fingerprint density at radius 1 is 1.42 bits per heavy atom. The van der Waals surface area contributed by atoms with E-state index in [9.17, 15) is 5.11 Å². The maximum Gasteiger partial charge on any atom is 0.163 e. The molecule has 0 fully saturated rings. The summed E-state index contributed by atoms with van der Waals surface area (Å²) in [6.45, 7) is 2.55. The Bertz CT molecular complexity index is 563. The highest BCUT2D eigenvalue weighted by Gasteiger charge is 2.23. The van der Waals surface area contributed by atoms with Gasteiger partial charge in [0.1, 0.15) is 11.8 Å². The Morgan fingerprint density at radius 3 is 2.79 bits per heavy atom. The van der Waals surface area contributed by atoms with Gasteiger partial charge in [0.25, 0.3) is 0 Å². The van der Waals surface area contributed by atoms with Crippen LogP contribution in [0.4, 0.5) is 0 Å². The summed E-state index contributed by atoms with van der Waals surface area (Å²) < 4.78 is 6.89. The third-order valence-corrected chi connectivity index (χ3v) is 3.73. The van der Waals surface area contributed by atoms with E-state index in [1.54, 1.807) is 29.1 Å². The summed E-state index contributed by atoms with van der Waals surface area (Å²) in [6.07, 6.45) is 0.629. The van der Waals surface area contributed by atoms with Gasteiger partial charge in [-0.2, -0.15) is 5.10 Å². The van der Waals surface area contributed by atoms with Gasteiger partial charge in [0.05, 0.1) is 23.4 Å². The van der Waals surface area contributed by atoms with Gasteiger partial charge in [-0.25, -0.2) is 0 Å². The topological polar surface area (TPSA) is 47.3 Å². The number of nitrogens with zero attached hydrogens (tertiary/aromatic N) is 2. The fraction of sp³-hybridized carbons (Fsp3) is 0.308. The van der Waals surface area contributed by atoms with E-state index in [-0.39, 0.29) is 0 Å². The summed E-state index contributed by atoms with van der Waals surface area (Å²) in [6, 6.07) is 5.14. The summed E-state index contributed by atoms with van der Waals surface area (Å²) in [5, 5.41) is 15.4. The van der Waals surface area contributed by atoms with Gasteiger partial charge in [0.2, 0.25) is 0 Å². The third-order valence-electron chi connectivity index (χ3n) is 2.90. The van der Waals surface area contributed by atoms with E-state index in [1.165, 1.54) is 7.11 Å². The van der Waals surface area contributed by atoms with Crippen LogP contribution in [0, 0.1) is 0 Å². The van der Waals surface area contributed by atoms with Gasteiger partial charge in [-0.15, -0.1) is 0 Å². The van der Waals surface area contributed by atoms with Crippen LogP contribution in [0.5, 0.6) is 5.75 Å². The Morgan fingerprint density at radius 2 is 2.16 bits per heavy atom. The molecule has 1 unspecified atom stereocenters. The Labute approximate surface area is 121 Å². The second kappa shape index (κ2) is 5.82. The molecule has 2 aromatic rings. The van der Waals surface area contributed by atoms with Crippen molar-refractivity contribution in [2.24, 2.45) is 0 Å². The van der Waals surface area contributed by atoms with Gasteiger partial charge >= 0.3 is 0 Å². The zero-order chi connectivity index (χ0) is 14.0. The van der Waals surface area contributed by atoms with E-state index >= 15 is 0 Å². The number of hydrogen-bond acceptors (Lipinski definition) is 3. The lowest BCUT2D eigenvalue weighted by Crippen LogP contribution is -2.10. The fourth-order valence-corrected chi connectivity index (χ4v) is 2.35. The zero-order valence-electron chi connectivity index (χ0n) is 10.6. The van der Waals surface area contributed by atoms with Crippen molar-refractivity contribution >= 4 is 23.2 Å². The van der Waals surface area contributed by atoms with Crippen molar-refractivity contribution in [1.82, 2.24) is 9.78 Å². The Kier molecular flexibility index (Phi) is 4.34. The lowest BCUT2D eigenvalue weighted by molar-refractivity contribution is 0.202. The van der Waals surface area contributed by atoms with Gasteiger partial charge < -0.3 is 9.84 Å². The Hall–Kier alpha value is -1.23. The molecule has 0 aliphatic rings. The smallest absolute Gasteiger partial charge is 0.163 e. The first-order chi connectivity index (χ1) is 9.10. The molecular formula is C13H14Cl2N2O2. The number of rotatable bonds is 4. The highest BCUT2D eigenvalue weighted by molar-refractivity contribution is 6.42. The molecule has 102 valence electrons. The van der Waals surface area contributed by atoms with Gasteiger partial charge in [-0.1, -0.05) is 35.3 Å². The van der Waals surface area contributed by atoms with Crippen molar-refractivity contribution in [1.29, 1.82) is 0 Å². The predicted molar refractivity (Wildman–Crippen MR) is 75.0 cm³/mol. The van der Waals surface area contributed by atoms with Crippen LogP contribution < -0.4 is 4.74 Å². The second-order valence-corrected chi connectivity index (χ2v) is 4.74. The molecule has 1 aromatic heterocycles. The highest BCUT2D eigenvalue weighted by Crippen LogP contribution is 2.36. The number of aryl methyl sites for hydroxylation is 1. The first-order valence-corrected chi connectivity index (χ1v) is 6.57. The fourth-order valence-electron chi connectivity index (χ4n) is 1.94. The van der Waals surface area contributed by atoms with Gasteiger partial charge in [-0.05, 0) is 13.0 Å². The average Bonchev–Trinajstić information content (AvgIpc) is 2.84. The summed E-state index contributed by atoms with van der Waals surface area (Å²) in [7, 11) is 1.53. The van der Waals surface area contributed by atoms with Crippen LogP contribution in [-0.4, -0.2) is 22.0 Å². The van der Waals surface area contributed by atoms with Crippen LogP contribution in [-0.2, 0) is 6.54 Å². The predicted octanol–water partition coefficient (Wildman–Crippen LogP) is 3.30. The highest BCUT2D eigenvalue weighted by atomic mass is 35.5. The van der Waals surface area contributed by atoms with Gasteiger partial charge in [0, 0.05) is 12.1 Å². The van der Waals surface area contributed by atoms with Crippen LogP contribution in [0.15, 0.2) is 24.4 Å². The molecule has 0 radical (unpaired) electrons. The third kappa shape index (κ3) is 2.56. The van der Waals surface area contributed by atoms with Crippen LogP contribution >= 0.6 is 23.2 Å².